The molecule has 3 heterocycles. The lowest BCUT2D eigenvalue weighted by Crippen LogP contribution is -2.60. The van der Waals surface area contributed by atoms with Crippen molar-refractivity contribution >= 4 is 23.2 Å². The maximum absolute atomic E-state index is 14.5. The Hall–Kier alpha value is -2.66. The largest absolute Gasteiger partial charge is 0.424 e. The number of ether oxygens (including phenoxy) is 1. The molecule has 31 heavy (non-hydrogen) atoms. The Morgan fingerprint density at radius 1 is 1.29 bits per heavy atom. The summed E-state index contributed by atoms with van der Waals surface area (Å²) in [6.07, 6.45) is -3.73. The number of carbonyl (C=O) groups excluding carboxylic acids is 1. The zero-order valence-electron chi connectivity index (χ0n) is 16.7. The van der Waals surface area contributed by atoms with Gasteiger partial charge in [-0.2, -0.15) is 13.2 Å². The van der Waals surface area contributed by atoms with Crippen molar-refractivity contribution in [2.24, 2.45) is 10.7 Å². The van der Waals surface area contributed by atoms with Gasteiger partial charge in [-0.25, -0.2) is 14.4 Å². The van der Waals surface area contributed by atoms with Gasteiger partial charge in [0.2, 0.25) is 5.60 Å². The van der Waals surface area contributed by atoms with Crippen molar-refractivity contribution in [3.8, 4) is 0 Å². The van der Waals surface area contributed by atoms with Gasteiger partial charge in [-0.3, -0.25) is 14.8 Å². The number of amidine groups is 1. The highest BCUT2D eigenvalue weighted by Crippen LogP contribution is 2.40. The van der Waals surface area contributed by atoms with Crippen molar-refractivity contribution in [3.63, 3.8) is 0 Å². The van der Waals surface area contributed by atoms with Gasteiger partial charge in [-0.1, -0.05) is 11.6 Å². The fraction of sp³-hybridized carbons (Fsp3) is 0.421. The fourth-order valence-electron chi connectivity index (χ4n) is 2.95. The van der Waals surface area contributed by atoms with E-state index >= 15 is 0 Å². The molecular formula is C19H18ClF4N5O2. The van der Waals surface area contributed by atoms with Gasteiger partial charge >= 0.3 is 6.18 Å². The van der Waals surface area contributed by atoms with Gasteiger partial charge in [-0.15, -0.1) is 0 Å². The Morgan fingerprint density at radius 3 is 2.55 bits per heavy atom. The molecule has 1 aliphatic heterocycles. The fourth-order valence-corrected chi connectivity index (χ4v) is 3.24. The third-order valence-corrected chi connectivity index (χ3v) is 5.17. The van der Waals surface area contributed by atoms with E-state index in [-0.39, 0.29) is 28.7 Å². The minimum atomic E-state index is -4.81. The summed E-state index contributed by atoms with van der Waals surface area (Å²) in [6.45, 7) is 3.12. The number of aromatic nitrogens is 3. The molecule has 0 spiro atoms. The van der Waals surface area contributed by atoms with Crippen molar-refractivity contribution in [1.29, 1.82) is 0 Å². The maximum atomic E-state index is 14.5. The second kappa shape index (κ2) is 7.79. The second-order valence-electron chi connectivity index (χ2n) is 7.47. The minimum Gasteiger partial charge on any atom is -0.385 e. The van der Waals surface area contributed by atoms with E-state index in [4.69, 9.17) is 22.1 Å². The van der Waals surface area contributed by atoms with Gasteiger partial charge in [0.05, 0.1) is 18.7 Å². The molecule has 0 fully saturated rings. The standard InChI is InChI=1S/C19H18ClF4N5O2/c1-9-7-26-13(15(20)27-9)12(30)6-10-4-5-11(21)14(28-10)17(2)8-31-18(3,16(25)29-17)19(22,23)24/h4-5,7H,6,8H2,1-3H3,(H2,25,29)/t17-,18+/m0/s1. The van der Waals surface area contributed by atoms with Crippen LogP contribution in [0.1, 0.15) is 41.4 Å². The van der Waals surface area contributed by atoms with E-state index in [0.29, 0.717) is 5.69 Å². The molecule has 0 unspecified atom stereocenters. The van der Waals surface area contributed by atoms with Gasteiger partial charge in [0.15, 0.2) is 10.9 Å². The van der Waals surface area contributed by atoms with Crippen molar-refractivity contribution < 1.29 is 27.1 Å². The van der Waals surface area contributed by atoms with Crippen LogP contribution in [-0.4, -0.2) is 45.0 Å². The lowest BCUT2D eigenvalue weighted by Gasteiger charge is -2.40. The van der Waals surface area contributed by atoms with Crippen molar-refractivity contribution in [3.05, 3.63) is 52.1 Å². The van der Waals surface area contributed by atoms with Crippen molar-refractivity contribution in [2.75, 3.05) is 6.61 Å². The first kappa shape index (κ1) is 23.0. The summed E-state index contributed by atoms with van der Waals surface area (Å²) >= 11 is 5.96. The van der Waals surface area contributed by atoms with Crippen LogP contribution < -0.4 is 5.73 Å². The summed E-state index contributed by atoms with van der Waals surface area (Å²) < 4.78 is 59.4. The number of halogens is 5. The van der Waals surface area contributed by atoms with Crippen LogP contribution in [0.25, 0.3) is 0 Å². The van der Waals surface area contributed by atoms with Crippen LogP contribution in [0.15, 0.2) is 23.3 Å². The van der Waals surface area contributed by atoms with E-state index in [1.54, 1.807) is 6.92 Å². The molecule has 0 aromatic carbocycles. The number of ketones is 1. The highest BCUT2D eigenvalue weighted by Gasteiger charge is 2.59. The molecule has 12 heteroatoms. The van der Waals surface area contributed by atoms with E-state index in [0.717, 1.165) is 13.0 Å². The monoisotopic (exact) mass is 459 g/mol. The van der Waals surface area contributed by atoms with Gasteiger partial charge in [0.1, 0.15) is 28.6 Å². The molecule has 2 aromatic heterocycles. The quantitative estimate of drug-likeness (QED) is 0.555. The zero-order chi connectivity index (χ0) is 23.2. The zero-order valence-corrected chi connectivity index (χ0v) is 17.5. The molecule has 0 amide bonds. The highest BCUT2D eigenvalue weighted by molar-refractivity contribution is 6.32. The Morgan fingerprint density at radius 2 is 1.97 bits per heavy atom. The Kier molecular flexibility index (Phi) is 5.78. The summed E-state index contributed by atoms with van der Waals surface area (Å²) in [6, 6.07) is 2.31. The van der Waals surface area contributed by atoms with Crippen LogP contribution in [0, 0.1) is 12.7 Å². The SMILES string of the molecule is Cc1cnc(C(=O)Cc2ccc(F)c([C@]3(C)CO[C@@](C)(C(F)(F)F)C(N)=N3)n2)c(Cl)n1. The molecule has 3 rings (SSSR count). The topological polar surface area (TPSA) is 103 Å². The molecule has 2 atom stereocenters. The summed E-state index contributed by atoms with van der Waals surface area (Å²) in [5.41, 5.74) is 1.42. The Labute approximate surface area is 179 Å². The van der Waals surface area contributed by atoms with Crippen LogP contribution in [0.2, 0.25) is 5.15 Å². The smallest absolute Gasteiger partial charge is 0.385 e. The third-order valence-electron chi connectivity index (χ3n) is 4.91. The van der Waals surface area contributed by atoms with E-state index in [1.807, 2.05) is 0 Å². The van der Waals surface area contributed by atoms with E-state index in [9.17, 15) is 22.4 Å². The number of pyridine rings is 1. The van der Waals surface area contributed by atoms with E-state index in [1.165, 1.54) is 19.2 Å². The first-order chi connectivity index (χ1) is 14.3. The summed E-state index contributed by atoms with van der Waals surface area (Å²) in [7, 11) is 0. The summed E-state index contributed by atoms with van der Waals surface area (Å²) in [5, 5.41) is -0.0798. The molecule has 166 valence electrons. The number of hydrogen-bond donors (Lipinski definition) is 1. The van der Waals surface area contributed by atoms with Gasteiger partial charge in [-0.05, 0) is 32.9 Å². The first-order valence-electron chi connectivity index (χ1n) is 9.01. The van der Waals surface area contributed by atoms with Crippen LogP contribution in [-0.2, 0) is 16.7 Å². The normalized spacial score (nSPS) is 24.1. The molecule has 2 N–H and O–H groups in total. The van der Waals surface area contributed by atoms with Gasteiger partial charge in [0.25, 0.3) is 0 Å². The predicted octanol–water partition coefficient (Wildman–Crippen LogP) is 3.32. The molecule has 0 saturated heterocycles. The number of Topliss-reactive ketones (excluding diaryl/α,β-unsaturated/α-hetero) is 1. The summed E-state index contributed by atoms with van der Waals surface area (Å²) in [4.78, 5) is 28.4. The van der Waals surface area contributed by atoms with E-state index in [2.05, 4.69) is 19.9 Å². The third kappa shape index (κ3) is 4.24. The van der Waals surface area contributed by atoms with Crippen LogP contribution in [0.3, 0.4) is 0 Å². The number of nitrogens with two attached hydrogens (primary N) is 1. The molecular weight excluding hydrogens is 442 g/mol. The van der Waals surface area contributed by atoms with Crippen molar-refractivity contribution in [1.82, 2.24) is 15.0 Å². The second-order valence-corrected chi connectivity index (χ2v) is 7.83. The highest BCUT2D eigenvalue weighted by atomic mass is 35.5. The van der Waals surface area contributed by atoms with E-state index < -0.39 is 41.4 Å². The first-order valence-corrected chi connectivity index (χ1v) is 9.39. The lowest BCUT2D eigenvalue weighted by molar-refractivity contribution is -0.249. The predicted molar refractivity (Wildman–Crippen MR) is 103 cm³/mol. The van der Waals surface area contributed by atoms with Gasteiger partial charge in [0, 0.05) is 11.9 Å². The van der Waals surface area contributed by atoms with Crippen LogP contribution in [0.5, 0.6) is 0 Å². The van der Waals surface area contributed by atoms with Gasteiger partial charge < -0.3 is 10.5 Å². The molecule has 1 aliphatic rings. The Balaban J connectivity index is 1.94. The van der Waals surface area contributed by atoms with Crippen molar-refractivity contribution in [2.45, 2.75) is 44.5 Å². The Bertz CT molecular complexity index is 1080. The molecule has 0 bridgehead atoms. The average molecular weight is 460 g/mol. The maximum Gasteiger partial charge on any atom is 0.424 e. The lowest BCUT2D eigenvalue weighted by atomic mass is 9.93. The number of hydrogen-bond acceptors (Lipinski definition) is 7. The number of alkyl halides is 3. The average Bonchev–Trinajstić information content (AvgIpc) is 2.65. The summed E-state index contributed by atoms with van der Waals surface area (Å²) in [5.74, 6) is -2.19. The van der Waals surface area contributed by atoms with Crippen LogP contribution >= 0.6 is 11.6 Å². The number of aryl methyl sites for hydroxylation is 1. The molecule has 0 aliphatic carbocycles. The number of rotatable bonds is 4. The molecule has 0 radical (unpaired) electrons. The van der Waals surface area contributed by atoms with Crippen LogP contribution in [0.4, 0.5) is 17.6 Å². The number of nitrogens with zero attached hydrogens (tertiary/aromatic N) is 4. The molecule has 0 saturated carbocycles. The molecule has 7 nitrogen and oxygen atoms in total. The number of aliphatic imine (C=N–C) groups is 1. The molecule has 2 aromatic rings. The minimum absolute atomic E-state index is 0.0737. The number of carbonyl (C=O) groups is 1.